The summed E-state index contributed by atoms with van der Waals surface area (Å²) in [5.41, 5.74) is 14.9. The Bertz CT molecular complexity index is 4200. The quantitative estimate of drug-likeness (QED) is 0.0151. The molecule has 10 unspecified atom stereocenters. The highest BCUT2D eigenvalue weighted by Crippen LogP contribution is 2.35. The summed E-state index contributed by atoms with van der Waals surface area (Å²) in [6.07, 6.45) is 7.73. The summed E-state index contributed by atoms with van der Waals surface area (Å²) >= 11 is 0. The molecule has 1 aliphatic rings. The largest absolute Gasteiger partial charge is 0.463 e. The van der Waals surface area contributed by atoms with Gasteiger partial charge in [0.25, 0.3) is 0 Å². The van der Waals surface area contributed by atoms with Gasteiger partial charge in [-0.15, -0.1) is 0 Å². The molecule has 0 bridgehead atoms. The van der Waals surface area contributed by atoms with E-state index in [1.54, 1.807) is 40.7 Å². The van der Waals surface area contributed by atoms with Gasteiger partial charge in [-0.05, 0) is 190 Å². The van der Waals surface area contributed by atoms with Crippen molar-refractivity contribution >= 4 is 40.6 Å². The van der Waals surface area contributed by atoms with Gasteiger partial charge in [-0.3, -0.25) is 24.0 Å². The van der Waals surface area contributed by atoms with Crippen LogP contribution < -0.4 is 0 Å². The maximum absolute atomic E-state index is 11.5. The fourth-order valence-electron chi connectivity index (χ4n) is 12.9. The Balaban J connectivity index is -0.000000299. The molecule has 0 saturated heterocycles. The maximum Gasteiger partial charge on any atom is 0.422 e. The van der Waals surface area contributed by atoms with E-state index in [1.165, 1.54) is 139 Å². The fraction of sp³-hybridized carbons (Fsp3) is 0.640. The highest BCUT2D eigenvalue weighted by molar-refractivity contribution is 5.83. The molecule has 1 fully saturated rings. The van der Waals surface area contributed by atoms with Gasteiger partial charge in [0, 0.05) is 21.3 Å². The first-order chi connectivity index (χ1) is 67.7. The van der Waals surface area contributed by atoms with Gasteiger partial charge >= 0.3 is 42.2 Å². The zero-order valence-corrected chi connectivity index (χ0v) is 93.1. The normalized spacial score (nSPS) is 13.4. The third-order valence-electron chi connectivity index (χ3n) is 25.2. The maximum atomic E-state index is 11.5. The molecule has 0 heterocycles. The van der Waals surface area contributed by atoms with Crippen molar-refractivity contribution in [3.63, 3.8) is 0 Å². The number of fused-ring (bicyclic) bond motifs is 1. The molecule has 23 heteroatoms. The van der Waals surface area contributed by atoms with E-state index in [0.717, 1.165) is 25.2 Å². The van der Waals surface area contributed by atoms with E-state index in [2.05, 4.69) is 290 Å². The van der Waals surface area contributed by atoms with Gasteiger partial charge < -0.3 is 56.8 Å². The van der Waals surface area contributed by atoms with E-state index in [9.17, 15) is 50.3 Å². The van der Waals surface area contributed by atoms with Crippen LogP contribution in [0.5, 0.6) is 0 Å². The van der Waals surface area contributed by atoms with Crippen LogP contribution in [0.3, 0.4) is 0 Å². The molecule has 1 saturated carbocycles. The van der Waals surface area contributed by atoms with Crippen molar-refractivity contribution in [2.75, 3.05) is 127 Å². The van der Waals surface area contributed by atoms with E-state index in [-0.39, 0.29) is 83.6 Å². The van der Waals surface area contributed by atoms with Crippen molar-refractivity contribution in [2.24, 2.45) is 29.6 Å². The van der Waals surface area contributed by atoms with Crippen LogP contribution in [-0.2, 0) is 91.6 Å². The van der Waals surface area contributed by atoms with Gasteiger partial charge in [0.1, 0.15) is 19.8 Å². The van der Waals surface area contributed by atoms with E-state index >= 15 is 0 Å². The lowest BCUT2D eigenvalue weighted by Gasteiger charge is -2.22. The molecule has 0 aromatic heterocycles. The van der Waals surface area contributed by atoms with Crippen LogP contribution in [0.2, 0.25) is 0 Å². The molecule has 148 heavy (non-hydrogen) atoms. The Labute approximate surface area is 897 Å². The van der Waals surface area contributed by atoms with Crippen molar-refractivity contribution in [1.29, 1.82) is 0 Å². The van der Waals surface area contributed by atoms with Crippen LogP contribution in [0.15, 0.2) is 170 Å². The number of rotatable bonds is 45. The summed E-state index contributed by atoms with van der Waals surface area (Å²) in [5.74, 6) is 1.21. The minimum Gasteiger partial charge on any atom is -0.463 e. The van der Waals surface area contributed by atoms with Gasteiger partial charge in [-0.25, -0.2) is 0 Å². The molecule has 0 spiro atoms. The number of benzene rings is 7. The SMILES string of the molecule is C.C.C.C.C.CCC(C)C(=O)OCC(F)(F)F.CCC(C)C(=O)OCC(F)(F)F.CCC(C)C(=O)OCCOC.CCC(C)C(=O)OCCOCCOC.CCC(C)C(=O)OCCOCCOCCOCCOC.CCC(C)c1ccc(-c2ccccc2)cc1.CCC(C)c1ccc(C(C)(C)C)cc1.CCC(C)c1ccc(C(C)(C)C)cc1.CCC(C)c1ccc(C2CCCCC2)cc1.CCC(C)c1ccc2ccccc2c1. The molecular formula is C125H208F6O17. The van der Waals surface area contributed by atoms with Crippen LogP contribution >= 0.6 is 0 Å². The molecule has 0 aliphatic heterocycles. The Morgan fingerprint density at radius 3 is 0.811 bits per heavy atom. The van der Waals surface area contributed by atoms with E-state index in [0.29, 0.717) is 135 Å². The highest BCUT2D eigenvalue weighted by Gasteiger charge is 2.32. The molecule has 10 atom stereocenters. The van der Waals surface area contributed by atoms with Crippen molar-refractivity contribution < 1.29 is 107 Å². The number of carbonyl (C=O) groups excluding carboxylic acids is 5. The molecule has 7 aromatic carbocycles. The molecular weight excluding hydrogens is 1890 g/mol. The Hall–Kier alpha value is -8.55. The Morgan fingerprint density at radius 1 is 0.277 bits per heavy atom. The lowest BCUT2D eigenvalue weighted by atomic mass is 9.83. The summed E-state index contributed by atoms with van der Waals surface area (Å²) < 4.78 is 127. The lowest BCUT2D eigenvalue weighted by Crippen LogP contribution is -2.23. The molecule has 0 radical (unpaired) electrons. The van der Waals surface area contributed by atoms with Gasteiger partial charge in [0.05, 0.1) is 102 Å². The number of esters is 5. The second-order valence-corrected chi connectivity index (χ2v) is 38.8. The smallest absolute Gasteiger partial charge is 0.422 e. The third-order valence-corrected chi connectivity index (χ3v) is 25.2. The number of alkyl halides is 6. The number of carbonyl (C=O) groups is 5. The third kappa shape index (κ3) is 73.6. The van der Waals surface area contributed by atoms with Gasteiger partial charge in [0.2, 0.25) is 0 Å². The zero-order valence-electron chi connectivity index (χ0n) is 93.1. The molecule has 1 aliphatic carbocycles. The average Bonchev–Trinajstić information content (AvgIpc) is 0.818. The van der Waals surface area contributed by atoms with Crippen molar-refractivity contribution in [1.82, 2.24) is 0 Å². The van der Waals surface area contributed by atoms with Gasteiger partial charge in [-0.1, -0.05) is 406 Å². The van der Waals surface area contributed by atoms with Crippen molar-refractivity contribution in [3.05, 3.63) is 214 Å². The molecule has 7 aromatic rings. The predicted molar refractivity (Wildman–Crippen MR) is 609 cm³/mol. The monoisotopic (exact) mass is 2100 g/mol. The first-order valence-electron chi connectivity index (χ1n) is 52.4. The number of ether oxygens (including phenoxy) is 12. The Morgan fingerprint density at radius 2 is 0.520 bits per heavy atom. The summed E-state index contributed by atoms with van der Waals surface area (Å²) in [6, 6.07) is 62.3. The minimum absolute atomic E-state index is 0. The topological polar surface area (TPSA) is 196 Å². The van der Waals surface area contributed by atoms with Gasteiger partial charge in [0.15, 0.2) is 13.2 Å². The van der Waals surface area contributed by atoms with Crippen LogP contribution in [0.1, 0.15) is 393 Å². The summed E-state index contributed by atoms with van der Waals surface area (Å²) in [7, 11) is 4.83. The van der Waals surface area contributed by atoms with Crippen molar-refractivity contribution in [3.8, 4) is 11.1 Å². The fourth-order valence-corrected chi connectivity index (χ4v) is 12.9. The van der Waals surface area contributed by atoms with Gasteiger partial charge in [-0.2, -0.15) is 26.3 Å². The molecule has 0 amide bonds. The highest BCUT2D eigenvalue weighted by atomic mass is 19.4. The first-order valence-corrected chi connectivity index (χ1v) is 52.4. The summed E-state index contributed by atoms with van der Waals surface area (Å²) in [6.45, 7) is 57.8. The summed E-state index contributed by atoms with van der Waals surface area (Å²) in [4.78, 5) is 54.9. The molecule has 852 valence electrons. The van der Waals surface area contributed by atoms with Crippen LogP contribution in [0.25, 0.3) is 21.9 Å². The second kappa shape index (κ2) is 90.0. The number of methoxy groups -OCH3 is 3. The van der Waals surface area contributed by atoms with Crippen LogP contribution in [-0.4, -0.2) is 169 Å². The number of hydrogen-bond acceptors (Lipinski definition) is 17. The van der Waals surface area contributed by atoms with Crippen LogP contribution in [0, 0.1) is 29.6 Å². The van der Waals surface area contributed by atoms with E-state index in [1.807, 2.05) is 41.5 Å². The second-order valence-electron chi connectivity index (χ2n) is 38.8. The predicted octanol–water partition coefficient (Wildman–Crippen LogP) is 34.7. The van der Waals surface area contributed by atoms with Crippen molar-refractivity contribution in [2.45, 2.75) is 372 Å². The lowest BCUT2D eigenvalue weighted by molar-refractivity contribution is -0.188. The van der Waals surface area contributed by atoms with E-state index < -0.39 is 49.3 Å². The number of halogens is 6. The molecule has 8 rings (SSSR count). The molecule has 17 nitrogen and oxygen atoms in total. The number of hydrogen-bond donors (Lipinski definition) is 0. The standard InChI is InChI=1S/C16H24.C16H18.C14H28O6.C14H16.2C14H22.C10H20O4.C8H16O3.2C7H11F3O2.5CH4/c2*1-3-13(2)14-9-11-16(12-10-14)15-7-5-4-6-8-15;1-4-13(2)14(15)20-12-11-19-10-9-18-8-7-17-6-5-16-3;1-3-11(2)13-9-8-12-6-4-5-7-14(12)10-13;2*1-6-11(2)12-7-9-13(10-8-12)14(3,4)5;1-4-9(2)10(11)14-8-7-13-6-5-12-3;1-4-7(2)8(9)11-6-5-10-3;2*1-3-5(2)6(11)12-4-7(8,9)10;;;;;/h9-13,15H,3-8H2,1-2H3;4-13H,3H2,1-2H3;13H,4-12H2,1-3H3;4-11H,3H2,1-2H3;2*7-11H,6H2,1-5H3;9H,4-8H2,1-3H3;7H,4-6H2,1-3H3;2*5H,3-4H2,1-2H3;5*1H4. The first kappa shape index (κ1) is 152. The minimum atomic E-state index is -4.43. The average molecular weight is 2100 g/mol. The molecule has 0 N–H and O–H groups in total. The Kier molecular flexibility index (Phi) is 92.7. The van der Waals surface area contributed by atoms with Crippen LogP contribution in [0.4, 0.5) is 26.3 Å². The zero-order chi connectivity index (χ0) is 108. The van der Waals surface area contributed by atoms with E-state index in [4.69, 9.17) is 47.4 Å². The summed E-state index contributed by atoms with van der Waals surface area (Å²) in [5, 5.41) is 2.69.